The van der Waals surface area contributed by atoms with E-state index in [1.807, 2.05) is 12.1 Å². The van der Waals surface area contributed by atoms with Gasteiger partial charge in [0, 0.05) is 6.54 Å². The highest BCUT2D eigenvalue weighted by Crippen LogP contribution is 2.32. The molecule has 5 nitrogen and oxygen atoms in total. The van der Waals surface area contributed by atoms with E-state index in [0.717, 1.165) is 17.7 Å². The Bertz CT molecular complexity index is 814. The highest BCUT2D eigenvalue weighted by molar-refractivity contribution is 5.92. The fourth-order valence-electron chi connectivity index (χ4n) is 2.46. The number of anilines is 1. The summed E-state index contributed by atoms with van der Waals surface area (Å²) >= 11 is 0. The van der Waals surface area contributed by atoms with Gasteiger partial charge in [0.1, 0.15) is 0 Å². The summed E-state index contributed by atoms with van der Waals surface area (Å²) in [5.41, 5.74) is 0.499. The number of nitrogens with zero attached hydrogens (tertiary/aromatic N) is 1. The third-order valence-electron chi connectivity index (χ3n) is 3.61. The Kier molecular flexibility index (Phi) is 4.80. The minimum absolute atomic E-state index is 0.0626. The zero-order valence-electron chi connectivity index (χ0n) is 13.3. The molecule has 0 aromatic heterocycles. The van der Waals surface area contributed by atoms with E-state index in [1.54, 1.807) is 18.0 Å². The highest BCUT2D eigenvalue weighted by atomic mass is 19.2. The summed E-state index contributed by atoms with van der Waals surface area (Å²) in [6, 6.07) is 7.17. The van der Waals surface area contributed by atoms with Crippen molar-refractivity contribution in [2.45, 2.75) is 6.54 Å². The van der Waals surface area contributed by atoms with Crippen LogP contribution in [0.4, 0.5) is 18.9 Å². The monoisotopic (exact) mass is 352 g/mol. The Morgan fingerprint density at radius 2 is 1.88 bits per heavy atom. The van der Waals surface area contributed by atoms with Gasteiger partial charge in [0.05, 0.1) is 12.2 Å². The van der Waals surface area contributed by atoms with Crippen LogP contribution in [0.1, 0.15) is 5.56 Å². The zero-order chi connectivity index (χ0) is 18.0. The lowest BCUT2D eigenvalue weighted by Gasteiger charge is -2.17. The number of likely N-dealkylation sites (N-methyl/N-ethyl adjacent to an activating group) is 1. The smallest absolute Gasteiger partial charge is 0.238 e. The second-order valence-corrected chi connectivity index (χ2v) is 5.63. The van der Waals surface area contributed by atoms with Crippen molar-refractivity contribution in [1.82, 2.24) is 4.90 Å². The summed E-state index contributed by atoms with van der Waals surface area (Å²) in [7, 11) is 1.70. The number of benzene rings is 2. The molecule has 0 saturated heterocycles. The van der Waals surface area contributed by atoms with E-state index in [1.165, 1.54) is 0 Å². The van der Waals surface area contributed by atoms with Crippen LogP contribution in [0.5, 0.6) is 11.5 Å². The molecule has 8 heteroatoms. The first-order valence-corrected chi connectivity index (χ1v) is 7.44. The molecular weight excluding hydrogens is 337 g/mol. The summed E-state index contributed by atoms with van der Waals surface area (Å²) in [6.45, 7) is 0.550. The Morgan fingerprint density at radius 1 is 1.12 bits per heavy atom. The minimum Gasteiger partial charge on any atom is -0.454 e. The van der Waals surface area contributed by atoms with E-state index in [9.17, 15) is 18.0 Å². The van der Waals surface area contributed by atoms with Crippen molar-refractivity contribution in [2.75, 3.05) is 25.7 Å². The molecule has 3 rings (SSSR count). The van der Waals surface area contributed by atoms with Crippen LogP contribution >= 0.6 is 0 Å². The van der Waals surface area contributed by atoms with Gasteiger partial charge in [0.25, 0.3) is 0 Å². The Labute approximate surface area is 142 Å². The first-order chi connectivity index (χ1) is 11.9. The number of halogens is 3. The van der Waals surface area contributed by atoms with E-state index >= 15 is 0 Å². The predicted octanol–water partition coefficient (Wildman–Crippen LogP) is 2.90. The third-order valence-corrected chi connectivity index (χ3v) is 3.61. The number of hydrogen-bond donors (Lipinski definition) is 1. The van der Waals surface area contributed by atoms with Crippen LogP contribution in [0.3, 0.4) is 0 Å². The molecule has 0 unspecified atom stereocenters. The maximum atomic E-state index is 13.6. The van der Waals surface area contributed by atoms with Crippen LogP contribution in [0, 0.1) is 17.5 Å². The molecule has 132 valence electrons. The first kappa shape index (κ1) is 17.1. The standard InChI is InChI=1S/C17H15F3N2O3/c1-22(7-10-2-5-13-14(6-10)25-9-24-13)8-15(23)21-12-4-3-11(18)16(19)17(12)20/h2-6H,7-9H2,1H3,(H,21,23). The molecule has 25 heavy (non-hydrogen) atoms. The van der Waals surface area contributed by atoms with Crippen LogP contribution in [0.25, 0.3) is 0 Å². The number of rotatable bonds is 5. The number of fused-ring (bicyclic) bond motifs is 1. The van der Waals surface area contributed by atoms with Crippen LogP contribution < -0.4 is 14.8 Å². The van der Waals surface area contributed by atoms with Crippen LogP contribution in [0.2, 0.25) is 0 Å². The van der Waals surface area contributed by atoms with Gasteiger partial charge < -0.3 is 14.8 Å². The van der Waals surface area contributed by atoms with Gasteiger partial charge in [-0.05, 0) is 36.9 Å². The van der Waals surface area contributed by atoms with Gasteiger partial charge in [-0.25, -0.2) is 13.2 Å². The summed E-state index contributed by atoms with van der Waals surface area (Å²) in [5, 5.41) is 2.23. The van der Waals surface area contributed by atoms with Crippen molar-refractivity contribution in [2.24, 2.45) is 0 Å². The summed E-state index contributed by atoms with van der Waals surface area (Å²) in [4.78, 5) is 13.7. The molecule has 0 radical (unpaired) electrons. The number of hydrogen-bond acceptors (Lipinski definition) is 4. The quantitative estimate of drug-likeness (QED) is 0.841. The van der Waals surface area contributed by atoms with Gasteiger partial charge in [-0.1, -0.05) is 6.07 Å². The van der Waals surface area contributed by atoms with Crippen LogP contribution in [-0.2, 0) is 11.3 Å². The van der Waals surface area contributed by atoms with Gasteiger partial charge in [-0.3, -0.25) is 9.69 Å². The predicted molar refractivity (Wildman–Crippen MR) is 83.8 cm³/mol. The fraction of sp³-hybridized carbons (Fsp3) is 0.235. The van der Waals surface area contributed by atoms with E-state index in [2.05, 4.69) is 5.32 Å². The maximum absolute atomic E-state index is 13.6. The molecule has 1 aliphatic rings. The molecule has 0 fully saturated rings. The maximum Gasteiger partial charge on any atom is 0.238 e. The molecule has 1 aliphatic heterocycles. The largest absolute Gasteiger partial charge is 0.454 e. The van der Waals surface area contributed by atoms with E-state index < -0.39 is 29.0 Å². The lowest BCUT2D eigenvalue weighted by atomic mass is 10.2. The van der Waals surface area contributed by atoms with Crippen molar-refractivity contribution in [3.05, 3.63) is 53.3 Å². The number of ether oxygens (including phenoxy) is 2. The number of carbonyl (C=O) groups is 1. The summed E-state index contributed by atoms with van der Waals surface area (Å²) < 4.78 is 50.1. The van der Waals surface area contributed by atoms with E-state index in [4.69, 9.17) is 9.47 Å². The molecule has 0 aliphatic carbocycles. The van der Waals surface area contributed by atoms with E-state index in [-0.39, 0.29) is 13.3 Å². The molecule has 2 aromatic carbocycles. The highest BCUT2D eigenvalue weighted by Gasteiger charge is 2.17. The molecule has 1 amide bonds. The van der Waals surface area contributed by atoms with Gasteiger partial charge in [-0.15, -0.1) is 0 Å². The molecule has 0 saturated carbocycles. The minimum atomic E-state index is -1.62. The van der Waals surface area contributed by atoms with E-state index in [0.29, 0.717) is 18.0 Å². The molecule has 0 atom stereocenters. The zero-order valence-corrected chi connectivity index (χ0v) is 13.3. The third kappa shape index (κ3) is 3.85. The Balaban J connectivity index is 1.58. The van der Waals surface area contributed by atoms with Crippen molar-refractivity contribution in [1.29, 1.82) is 0 Å². The lowest BCUT2D eigenvalue weighted by molar-refractivity contribution is -0.117. The first-order valence-electron chi connectivity index (χ1n) is 7.44. The molecule has 1 heterocycles. The molecule has 1 N–H and O–H groups in total. The average Bonchev–Trinajstić information content (AvgIpc) is 3.03. The van der Waals surface area contributed by atoms with Crippen molar-refractivity contribution in [3.63, 3.8) is 0 Å². The number of carbonyl (C=O) groups excluding carboxylic acids is 1. The SMILES string of the molecule is CN(CC(=O)Nc1ccc(F)c(F)c1F)Cc1ccc2c(c1)OCO2. The second-order valence-electron chi connectivity index (χ2n) is 5.63. The summed E-state index contributed by atoms with van der Waals surface area (Å²) in [5.74, 6) is -3.60. The fourth-order valence-corrected chi connectivity index (χ4v) is 2.46. The summed E-state index contributed by atoms with van der Waals surface area (Å²) in [6.07, 6.45) is 0. The van der Waals surface area contributed by atoms with Crippen molar-refractivity contribution in [3.8, 4) is 11.5 Å². The molecule has 0 bridgehead atoms. The topological polar surface area (TPSA) is 50.8 Å². The normalized spacial score (nSPS) is 12.5. The molecule has 2 aromatic rings. The van der Waals surface area contributed by atoms with Crippen molar-refractivity contribution < 1.29 is 27.4 Å². The lowest BCUT2D eigenvalue weighted by Crippen LogP contribution is -2.30. The van der Waals surface area contributed by atoms with Crippen LogP contribution in [-0.4, -0.2) is 31.2 Å². The van der Waals surface area contributed by atoms with Gasteiger partial charge in [0.15, 0.2) is 29.0 Å². The second kappa shape index (κ2) is 7.02. The Hall–Kier alpha value is -2.74. The van der Waals surface area contributed by atoms with Gasteiger partial charge in [-0.2, -0.15) is 0 Å². The molecule has 0 spiro atoms. The molecular formula is C17H15F3N2O3. The van der Waals surface area contributed by atoms with Crippen molar-refractivity contribution >= 4 is 11.6 Å². The Morgan fingerprint density at radius 3 is 2.68 bits per heavy atom. The van der Waals surface area contributed by atoms with Gasteiger partial charge in [0.2, 0.25) is 12.7 Å². The average molecular weight is 352 g/mol. The van der Waals surface area contributed by atoms with Crippen LogP contribution in [0.15, 0.2) is 30.3 Å². The number of nitrogens with one attached hydrogen (secondary N) is 1. The van der Waals surface area contributed by atoms with Gasteiger partial charge >= 0.3 is 0 Å². The number of amides is 1.